The summed E-state index contributed by atoms with van der Waals surface area (Å²) in [5.41, 5.74) is 1.26. The molecule has 2 heterocycles. The molecule has 0 spiro atoms. The summed E-state index contributed by atoms with van der Waals surface area (Å²) in [6, 6.07) is 13.5. The molecule has 0 saturated carbocycles. The van der Waals surface area contributed by atoms with Crippen LogP contribution in [0.5, 0.6) is 5.75 Å². The molecule has 0 unspecified atom stereocenters. The SMILES string of the molecule is COc1ccc(NC(=O)C[C@@H]2C(=O)N(c3cccc(Cl)c3)C(=S)N2CCN2CCC(C)CC2)cc1. The molecule has 0 aromatic heterocycles. The van der Waals surface area contributed by atoms with Crippen molar-refractivity contribution in [3.05, 3.63) is 53.6 Å². The summed E-state index contributed by atoms with van der Waals surface area (Å²) in [5, 5.41) is 3.81. The number of nitrogens with zero attached hydrogens (tertiary/aromatic N) is 3. The Hall–Kier alpha value is -2.68. The van der Waals surface area contributed by atoms with Crippen molar-refractivity contribution in [1.82, 2.24) is 9.80 Å². The molecular formula is C26H31ClN4O3S. The van der Waals surface area contributed by atoms with E-state index >= 15 is 0 Å². The number of anilines is 2. The lowest BCUT2D eigenvalue weighted by molar-refractivity contribution is -0.124. The van der Waals surface area contributed by atoms with Gasteiger partial charge in [-0.2, -0.15) is 0 Å². The fraction of sp³-hybridized carbons (Fsp3) is 0.423. The first-order valence-electron chi connectivity index (χ1n) is 11.9. The van der Waals surface area contributed by atoms with E-state index in [9.17, 15) is 9.59 Å². The van der Waals surface area contributed by atoms with Crippen LogP contribution < -0.4 is 15.0 Å². The molecule has 7 nitrogen and oxygen atoms in total. The average Bonchev–Trinajstić information content (AvgIpc) is 3.07. The Balaban J connectivity index is 1.50. The molecule has 0 radical (unpaired) electrons. The third-order valence-electron chi connectivity index (χ3n) is 6.67. The highest BCUT2D eigenvalue weighted by Gasteiger charge is 2.44. The van der Waals surface area contributed by atoms with Crippen molar-refractivity contribution in [2.75, 3.05) is 43.5 Å². The molecule has 2 fully saturated rings. The molecule has 35 heavy (non-hydrogen) atoms. The first-order valence-corrected chi connectivity index (χ1v) is 12.7. The predicted molar refractivity (Wildman–Crippen MR) is 143 cm³/mol. The minimum absolute atomic E-state index is 0.000891. The summed E-state index contributed by atoms with van der Waals surface area (Å²) < 4.78 is 5.17. The third-order valence-corrected chi connectivity index (χ3v) is 7.32. The number of benzene rings is 2. The van der Waals surface area contributed by atoms with Crippen LogP contribution in [0.25, 0.3) is 0 Å². The van der Waals surface area contributed by atoms with Gasteiger partial charge in [0, 0.05) is 23.8 Å². The van der Waals surface area contributed by atoms with Crippen molar-refractivity contribution in [3.8, 4) is 5.75 Å². The van der Waals surface area contributed by atoms with Gasteiger partial charge in [0.1, 0.15) is 11.8 Å². The van der Waals surface area contributed by atoms with Crippen LogP contribution in [0.3, 0.4) is 0 Å². The van der Waals surface area contributed by atoms with E-state index in [-0.39, 0.29) is 18.2 Å². The highest BCUT2D eigenvalue weighted by Crippen LogP contribution is 2.29. The van der Waals surface area contributed by atoms with Crippen LogP contribution >= 0.6 is 23.8 Å². The molecule has 2 saturated heterocycles. The van der Waals surface area contributed by atoms with Crippen molar-refractivity contribution < 1.29 is 14.3 Å². The fourth-order valence-electron chi connectivity index (χ4n) is 4.54. The molecule has 2 aromatic carbocycles. The fourth-order valence-corrected chi connectivity index (χ4v) is 5.14. The Morgan fingerprint density at radius 1 is 1.14 bits per heavy atom. The second-order valence-electron chi connectivity index (χ2n) is 9.15. The van der Waals surface area contributed by atoms with Gasteiger partial charge in [0.15, 0.2) is 5.11 Å². The van der Waals surface area contributed by atoms with Gasteiger partial charge in [-0.25, -0.2) is 0 Å². The first-order chi connectivity index (χ1) is 16.9. The van der Waals surface area contributed by atoms with Gasteiger partial charge in [-0.05, 0) is 86.5 Å². The molecule has 0 aliphatic carbocycles. The van der Waals surface area contributed by atoms with Crippen LogP contribution in [-0.4, -0.2) is 66.1 Å². The van der Waals surface area contributed by atoms with Crippen molar-refractivity contribution in [3.63, 3.8) is 0 Å². The largest absolute Gasteiger partial charge is 0.497 e. The molecule has 4 rings (SSSR count). The van der Waals surface area contributed by atoms with Gasteiger partial charge in [-0.1, -0.05) is 24.6 Å². The van der Waals surface area contributed by atoms with E-state index < -0.39 is 6.04 Å². The van der Waals surface area contributed by atoms with Gasteiger partial charge in [0.05, 0.1) is 19.2 Å². The number of rotatable bonds is 8. The highest BCUT2D eigenvalue weighted by molar-refractivity contribution is 7.80. The van der Waals surface area contributed by atoms with Crippen LogP contribution in [0.1, 0.15) is 26.2 Å². The van der Waals surface area contributed by atoms with Gasteiger partial charge in [0.2, 0.25) is 5.91 Å². The van der Waals surface area contributed by atoms with Crippen molar-refractivity contribution in [2.45, 2.75) is 32.2 Å². The number of carbonyl (C=O) groups excluding carboxylic acids is 2. The number of methoxy groups -OCH3 is 1. The molecule has 1 atom stereocenters. The third kappa shape index (κ3) is 6.12. The Labute approximate surface area is 217 Å². The second-order valence-corrected chi connectivity index (χ2v) is 9.95. The first kappa shape index (κ1) is 25.4. The maximum absolute atomic E-state index is 13.5. The normalized spacial score (nSPS) is 19.3. The van der Waals surface area contributed by atoms with E-state index in [0.717, 1.165) is 25.6 Å². The van der Waals surface area contributed by atoms with E-state index in [4.69, 9.17) is 28.6 Å². The van der Waals surface area contributed by atoms with Gasteiger partial charge in [-0.15, -0.1) is 0 Å². The number of hydrogen-bond donors (Lipinski definition) is 1. The lowest BCUT2D eigenvalue weighted by Crippen LogP contribution is -2.44. The van der Waals surface area contributed by atoms with E-state index in [2.05, 4.69) is 17.1 Å². The standard InChI is InChI=1S/C26H31ClN4O3S/c1-18-10-12-29(13-11-18)14-15-30-23(17-24(32)28-20-6-8-22(34-2)9-7-20)25(33)31(26(30)35)21-5-3-4-19(27)16-21/h3-9,16,18,23H,10-15,17H2,1-2H3,(H,28,32)/t23-/m1/s1. The quantitative estimate of drug-likeness (QED) is 0.526. The van der Waals surface area contributed by atoms with E-state index in [0.29, 0.717) is 33.8 Å². The molecule has 1 N–H and O–H groups in total. The summed E-state index contributed by atoms with van der Waals surface area (Å²) in [6.45, 7) is 5.73. The van der Waals surface area contributed by atoms with E-state index in [1.54, 1.807) is 55.6 Å². The smallest absolute Gasteiger partial charge is 0.256 e. The summed E-state index contributed by atoms with van der Waals surface area (Å²) in [6.07, 6.45) is 2.34. The predicted octanol–water partition coefficient (Wildman–Crippen LogP) is 4.41. The molecule has 2 amide bonds. The Morgan fingerprint density at radius 2 is 1.86 bits per heavy atom. The van der Waals surface area contributed by atoms with Gasteiger partial charge < -0.3 is 19.9 Å². The van der Waals surface area contributed by atoms with Crippen LogP contribution in [0.4, 0.5) is 11.4 Å². The zero-order valence-corrected chi connectivity index (χ0v) is 21.6. The number of ether oxygens (including phenoxy) is 1. The average molecular weight is 515 g/mol. The number of hydrogen-bond acceptors (Lipinski definition) is 5. The highest BCUT2D eigenvalue weighted by atomic mass is 35.5. The molecule has 2 aliphatic rings. The van der Waals surface area contributed by atoms with Gasteiger partial charge in [0.25, 0.3) is 5.91 Å². The minimum Gasteiger partial charge on any atom is -0.497 e. The van der Waals surface area contributed by atoms with Crippen molar-refractivity contribution in [2.24, 2.45) is 5.92 Å². The lowest BCUT2D eigenvalue weighted by atomic mass is 9.99. The molecule has 9 heteroatoms. The number of piperidine rings is 1. The van der Waals surface area contributed by atoms with Crippen LogP contribution in [0.2, 0.25) is 5.02 Å². The molecule has 2 aliphatic heterocycles. The number of halogens is 1. The Bertz CT molecular complexity index is 1070. The number of thiocarbonyl (C=S) groups is 1. The maximum Gasteiger partial charge on any atom is 0.256 e. The molecule has 0 bridgehead atoms. The van der Waals surface area contributed by atoms with Crippen LogP contribution in [0.15, 0.2) is 48.5 Å². The summed E-state index contributed by atoms with van der Waals surface area (Å²) in [4.78, 5) is 32.3. The van der Waals surface area contributed by atoms with Crippen LogP contribution in [0, 0.1) is 5.92 Å². The lowest BCUT2D eigenvalue weighted by Gasteiger charge is -2.32. The molecule has 186 valence electrons. The Morgan fingerprint density at radius 3 is 2.51 bits per heavy atom. The number of likely N-dealkylation sites (tertiary alicyclic amines) is 1. The Kier molecular flexibility index (Phi) is 8.26. The van der Waals surface area contributed by atoms with Crippen molar-refractivity contribution in [1.29, 1.82) is 0 Å². The summed E-state index contributed by atoms with van der Waals surface area (Å²) in [7, 11) is 1.59. The van der Waals surface area contributed by atoms with E-state index in [1.165, 1.54) is 17.7 Å². The number of nitrogens with one attached hydrogen (secondary N) is 1. The van der Waals surface area contributed by atoms with Gasteiger partial charge in [-0.3, -0.25) is 14.5 Å². The monoisotopic (exact) mass is 514 g/mol. The second kappa shape index (κ2) is 11.4. The molecule has 2 aromatic rings. The van der Waals surface area contributed by atoms with Crippen molar-refractivity contribution >= 4 is 52.1 Å². The maximum atomic E-state index is 13.5. The number of amides is 2. The summed E-state index contributed by atoms with van der Waals surface area (Å²) >= 11 is 11.9. The van der Waals surface area contributed by atoms with E-state index in [1.807, 2.05) is 4.90 Å². The zero-order chi connectivity index (χ0) is 24.9. The topological polar surface area (TPSA) is 65.1 Å². The molecular weight excluding hydrogens is 484 g/mol. The number of carbonyl (C=O) groups is 2. The van der Waals surface area contributed by atoms with Crippen LogP contribution in [-0.2, 0) is 9.59 Å². The van der Waals surface area contributed by atoms with Gasteiger partial charge >= 0.3 is 0 Å². The minimum atomic E-state index is -0.677. The zero-order valence-electron chi connectivity index (χ0n) is 20.1. The summed E-state index contributed by atoms with van der Waals surface area (Å²) in [5.74, 6) is 0.985.